The maximum absolute atomic E-state index is 13.3. The summed E-state index contributed by atoms with van der Waals surface area (Å²) in [5, 5.41) is 0. The highest BCUT2D eigenvalue weighted by Crippen LogP contribution is 2.66. The molecule has 4 aliphatic heterocycles. The molecule has 4 atom stereocenters. The van der Waals surface area contributed by atoms with Crippen LogP contribution in [0.15, 0.2) is 24.3 Å². The summed E-state index contributed by atoms with van der Waals surface area (Å²) < 4.78 is 5.23. The third-order valence-corrected chi connectivity index (χ3v) is 9.22. The van der Waals surface area contributed by atoms with Crippen molar-refractivity contribution in [1.82, 2.24) is 9.80 Å². The lowest BCUT2D eigenvalue weighted by Gasteiger charge is -2.57. The van der Waals surface area contributed by atoms with Crippen LogP contribution >= 0.6 is 21.6 Å². The molecule has 4 fully saturated rings. The molecule has 5 rings (SSSR count). The Balaban J connectivity index is 1.81. The monoisotopic (exact) mass is 364 g/mol. The first-order valence-corrected chi connectivity index (χ1v) is 10.1. The van der Waals surface area contributed by atoms with Crippen LogP contribution in [0.5, 0.6) is 5.75 Å². The summed E-state index contributed by atoms with van der Waals surface area (Å²) in [6.07, 6.45) is 0.687. The van der Waals surface area contributed by atoms with E-state index in [0.717, 1.165) is 11.3 Å². The zero-order valence-corrected chi connectivity index (χ0v) is 15.7. The van der Waals surface area contributed by atoms with Crippen molar-refractivity contribution in [2.75, 3.05) is 14.2 Å². The molecule has 1 spiro atoms. The van der Waals surface area contributed by atoms with Crippen molar-refractivity contribution in [3.63, 3.8) is 0 Å². The molecule has 4 heterocycles. The summed E-state index contributed by atoms with van der Waals surface area (Å²) in [4.78, 5) is 28.2. The SMILES string of the molecule is COc1ccc(C2C(C)CC34SSC(C)(C(=O)N23)N(C)C4=O)cc1. The fourth-order valence-electron chi connectivity index (χ4n) is 4.06. The van der Waals surface area contributed by atoms with Gasteiger partial charge in [0, 0.05) is 7.05 Å². The predicted octanol–water partition coefficient (Wildman–Crippen LogP) is 2.88. The lowest BCUT2D eigenvalue weighted by Crippen LogP contribution is -2.73. The molecule has 2 bridgehead atoms. The number of piperazine rings is 1. The molecule has 7 heteroatoms. The molecular weight excluding hydrogens is 344 g/mol. The normalized spacial score (nSPS) is 37.8. The third-order valence-electron chi connectivity index (χ3n) is 5.50. The first-order chi connectivity index (χ1) is 11.3. The number of hydrogen-bond donors (Lipinski definition) is 0. The topological polar surface area (TPSA) is 49.9 Å². The van der Waals surface area contributed by atoms with Crippen LogP contribution in [0.25, 0.3) is 0 Å². The summed E-state index contributed by atoms with van der Waals surface area (Å²) in [6.45, 7) is 3.98. The molecule has 24 heavy (non-hydrogen) atoms. The van der Waals surface area contributed by atoms with Crippen molar-refractivity contribution in [3.05, 3.63) is 29.8 Å². The van der Waals surface area contributed by atoms with E-state index in [4.69, 9.17) is 4.74 Å². The Hall–Kier alpha value is -1.34. The minimum Gasteiger partial charge on any atom is -0.497 e. The Bertz CT molecular complexity index is 725. The van der Waals surface area contributed by atoms with Crippen molar-refractivity contribution < 1.29 is 14.3 Å². The predicted molar refractivity (Wildman–Crippen MR) is 95.5 cm³/mol. The van der Waals surface area contributed by atoms with Crippen LogP contribution in [-0.2, 0) is 9.59 Å². The van der Waals surface area contributed by atoms with Gasteiger partial charge in [0.25, 0.3) is 11.8 Å². The number of ether oxygens (including phenoxy) is 1. The summed E-state index contributed by atoms with van der Waals surface area (Å²) in [5.74, 6) is 1.10. The van der Waals surface area contributed by atoms with Crippen LogP contribution in [0.2, 0.25) is 0 Å². The molecule has 1 aromatic rings. The number of carbonyl (C=O) groups excluding carboxylic acids is 2. The van der Waals surface area contributed by atoms with Crippen LogP contribution < -0.4 is 4.74 Å². The van der Waals surface area contributed by atoms with E-state index in [2.05, 4.69) is 6.92 Å². The maximum Gasteiger partial charge on any atom is 0.261 e. The van der Waals surface area contributed by atoms with Gasteiger partial charge in [-0.25, -0.2) is 0 Å². The number of nitrogens with zero attached hydrogens (tertiary/aromatic N) is 2. The number of likely N-dealkylation sites (N-methyl/N-ethyl adjacent to an activating group) is 1. The summed E-state index contributed by atoms with van der Waals surface area (Å²) in [5.41, 5.74) is 1.06. The van der Waals surface area contributed by atoms with E-state index in [9.17, 15) is 9.59 Å². The largest absolute Gasteiger partial charge is 0.497 e. The van der Waals surface area contributed by atoms with Crippen LogP contribution in [0.1, 0.15) is 31.9 Å². The molecule has 0 saturated carbocycles. The molecule has 5 nitrogen and oxygen atoms in total. The van der Waals surface area contributed by atoms with Gasteiger partial charge >= 0.3 is 0 Å². The van der Waals surface area contributed by atoms with E-state index in [1.165, 1.54) is 10.8 Å². The standard InChI is InChI=1S/C17H20N2O3S2/c1-10-9-17-15(21)18(3)16(2,23-24-17)14(20)19(17)13(10)11-5-7-12(22-4)8-6-11/h5-8,10,13H,9H2,1-4H3. The highest BCUT2D eigenvalue weighted by molar-refractivity contribution is 8.78. The van der Waals surface area contributed by atoms with Crippen LogP contribution in [0.3, 0.4) is 0 Å². The number of rotatable bonds is 2. The smallest absolute Gasteiger partial charge is 0.261 e. The fourth-order valence-corrected chi connectivity index (χ4v) is 7.65. The van der Waals surface area contributed by atoms with Crippen LogP contribution in [0.4, 0.5) is 0 Å². The van der Waals surface area contributed by atoms with Gasteiger partial charge < -0.3 is 14.5 Å². The molecular formula is C17H20N2O3S2. The van der Waals surface area contributed by atoms with E-state index < -0.39 is 9.74 Å². The van der Waals surface area contributed by atoms with E-state index in [1.807, 2.05) is 36.1 Å². The number of hydrogen-bond acceptors (Lipinski definition) is 5. The lowest BCUT2D eigenvalue weighted by atomic mass is 9.95. The Morgan fingerprint density at radius 1 is 1.17 bits per heavy atom. The van der Waals surface area contributed by atoms with Gasteiger partial charge in [-0.15, -0.1) is 0 Å². The molecule has 4 saturated heterocycles. The van der Waals surface area contributed by atoms with E-state index in [-0.39, 0.29) is 23.8 Å². The quantitative estimate of drug-likeness (QED) is 0.755. The third kappa shape index (κ3) is 1.80. The first kappa shape index (κ1) is 16.1. The summed E-state index contributed by atoms with van der Waals surface area (Å²) in [6, 6.07) is 7.76. The molecule has 1 aromatic carbocycles. The van der Waals surface area contributed by atoms with Gasteiger partial charge in [-0.05, 0) is 37.0 Å². The van der Waals surface area contributed by atoms with Gasteiger partial charge in [-0.1, -0.05) is 40.6 Å². The minimum absolute atomic E-state index is 0.0403. The number of benzene rings is 1. The highest BCUT2D eigenvalue weighted by Gasteiger charge is 2.71. The van der Waals surface area contributed by atoms with Crippen molar-refractivity contribution in [1.29, 1.82) is 0 Å². The average Bonchev–Trinajstić information content (AvgIpc) is 2.89. The highest BCUT2D eigenvalue weighted by atomic mass is 33.1. The second-order valence-electron chi connectivity index (χ2n) is 6.87. The van der Waals surface area contributed by atoms with E-state index in [1.54, 1.807) is 29.9 Å². The maximum atomic E-state index is 13.3. The van der Waals surface area contributed by atoms with E-state index >= 15 is 0 Å². The Morgan fingerprint density at radius 2 is 1.83 bits per heavy atom. The first-order valence-electron chi connectivity index (χ1n) is 7.98. The van der Waals surface area contributed by atoms with Gasteiger partial charge in [0.2, 0.25) is 0 Å². The van der Waals surface area contributed by atoms with Gasteiger partial charge in [0.1, 0.15) is 5.75 Å². The van der Waals surface area contributed by atoms with E-state index in [0.29, 0.717) is 6.42 Å². The molecule has 128 valence electrons. The Labute approximate surface area is 149 Å². The lowest BCUT2D eigenvalue weighted by molar-refractivity contribution is -0.164. The number of methoxy groups -OCH3 is 1. The zero-order chi connectivity index (χ0) is 17.3. The molecule has 0 aromatic heterocycles. The Kier molecular flexibility index (Phi) is 3.42. The number of fused-ring (bicyclic) bond motifs is 2. The summed E-state index contributed by atoms with van der Waals surface area (Å²) in [7, 11) is 6.46. The van der Waals surface area contributed by atoms with Gasteiger partial charge in [-0.3, -0.25) is 9.59 Å². The van der Waals surface area contributed by atoms with Crippen molar-refractivity contribution in [3.8, 4) is 5.75 Å². The molecule has 2 amide bonds. The Morgan fingerprint density at radius 3 is 2.46 bits per heavy atom. The summed E-state index contributed by atoms with van der Waals surface area (Å²) >= 11 is 0. The zero-order valence-electron chi connectivity index (χ0n) is 14.1. The molecule has 4 aliphatic rings. The van der Waals surface area contributed by atoms with Crippen LogP contribution in [0, 0.1) is 5.92 Å². The molecule has 0 aliphatic carbocycles. The second-order valence-corrected chi connectivity index (χ2v) is 9.68. The molecule has 0 N–H and O–H groups in total. The van der Waals surface area contributed by atoms with Crippen LogP contribution in [-0.4, -0.2) is 45.5 Å². The molecule has 4 unspecified atom stereocenters. The number of amides is 2. The average molecular weight is 364 g/mol. The van der Waals surface area contributed by atoms with Gasteiger partial charge in [0.05, 0.1) is 13.2 Å². The van der Waals surface area contributed by atoms with Crippen molar-refractivity contribution in [2.45, 2.75) is 36.1 Å². The number of carbonyl (C=O) groups is 2. The van der Waals surface area contributed by atoms with Gasteiger partial charge in [0.15, 0.2) is 9.74 Å². The molecule has 0 radical (unpaired) electrons. The fraction of sp³-hybridized carbons (Fsp3) is 0.529. The van der Waals surface area contributed by atoms with Crippen molar-refractivity contribution in [2.24, 2.45) is 5.92 Å². The van der Waals surface area contributed by atoms with Gasteiger partial charge in [-0.2, -0.15) is 0 Å². The van der Waals surface area contributed by atoms with Crippen molar-refractivity contribution >= 4 is 33.4 Å². The minimum atomic E-state index is -0.821. The second kappa shape index (κ2) is 5.08.